The number of ether oxygens (including phenoxy) is 1. The number of aliphatic hydroxyl groups excluding tert-OH is 4. The van der Waals surface area contributed by atoms with Crippen molar-refractivity contribution >= 4 is 11.7 Å². The first kappa shape index (κ1) is 53.3. The maximum atomic E-state index is 14.9. The molecule has 0 aromatic heterocycles. The second-order valence-corrected chi connectivity index (χ2v) is 20.8. The lowest BCUT2D eigenvalue weighted by Crippen LogP contribution is -2.59. The number of benzene rings is 2. The molecule has 0 saturated heterocycles. The number of hydrogen-bond donors (Lipinski definition) is 9. The van der Waals surface area contributed by atoms with E-state index in [0.29, 0.717) is 86.5 Å². The number of ketones is 1. The Kier molecular flexibility index (Phi) is 18.5. The molecule has 2 saturated carbocycles. The lowest BCUT2D eigenvalue weighted by molar-refractivity contribution is -0.168. The van der Waals surface area contributed by atoms with Crippen molar-refractivity contribution in [1.29, 1.82) is 0 Å². The van der Waals surface area contributed by atoms with Gasteiger partial charge in [0, 0.05) is 43.4 Å². The van der Waals surface area contributed by atoms with Crippen LogP contribution in [0.4, 0.5) is 0 Å². The molecule has 2 aliphatic carbocycles. The van der Waals surface area contributed by atoms with Gasteiger partial charge in [-0.15, -0.1) is 0 Å². The van der Waals surface area contributed by atoms with Crippen LogP contribution in [0.3, 0.4) is 0 Å². The summed E-state index contributed by atoms with van der Waals surface area (Å²) in [5.41, 5.74) is 12.5. The standard InChI is InChI=1S/C58H78N4O8/c1-37-12-5-8-31-70-36-43(17-9-13-38(2)50(24-19-37)60-29-6-7-30-63)47-26-28-58(54(47)67)49-23-22-44(64)33-41-15-10-14-40(32-41)20-21-45(65)35-61-53-52-42(16-11-18-48(52)55(59)62-56(53)68)34-51(66)39(3)46(49)25-27-57(58,4)69/h9-11,13-19,32,44-45,47,49-50,53-55,60-61,63-65,67,69H,2,6-7,12,20-31,33-36,59H2,1,3-4H3,(H,62,68)/b13-9+,37-19+,43-17-,46-39+/t44-,45-,47+,49+,50-,53-,54+,55-,57+,58+/m0/s1. The molecule has 1 spiro atoms. The number of Topliss-reactive ketones (excluding diaryl/α,β-unsaturated/α-hetero) is 1. The topological polar surface area (TPSA) is 207 Å². The fourth-order valence-electron chi connectivity index (χ4n) is 12.1. The van der Waals surface area contributed by atoms with E-state index >= 15 is 0 Å². The number of allylic oxidation sites excluding steroid dienone is 5. The third kappa shape index (κ3) is 12.4. The zero-order valence-corrected chi connectivity index (χ0v) is 41.6. The number of β-amino-alcohol motifs (C(OH)–C–C–N with tert-alkyl or cyclic N) is 1. The minimum Gasteiger partial charge on any atom is -0.396 e. The van der Waals surface area contributed by atoms with Crippen molar-refractivity contribution in [2.45, 2.75) is 153 Å². The highest BCUT2D eigenvalue weighted by Gasteiger charge is 2.64. The summed E-state index contributed by atoms with van der Waals surface area (Å²) in [6.07, 6.45) is 11.9. The van der Waals surface area contributed by atoms with E-state index in [9.17, 15) is 35.1 Å². The van der Waals surface area contributed by atoms with Gasteiger partial charge in [-0.3, -0.25) is 14.9 Å². The molecule has 2 aromatic rings. The van der Waals surface area contributed by atoms with E-state index in [0.717, 1.165) is 59.2 Å². The third-order valence-corrected chi connectivity index (χ3v) is 16.1. The number of nitrogens with one attached hydrogen (secondary N) is 3. The largest absolute Gasteiger partial charge is 0.396 e. The first-order chi connectivity index (χ1) is 33.6. The van der Waals surface area contributed by atoms with Crippen molar-refractivity contribution in [3.8, 4) is 11.8 Å². The van der Waals surface area contributed by atoms with Gasteiger partial charge in [0.2, 0.25) is 5.91 Å². The van der Waals surface area contributed by atoms with Gasteiger partial charge in [0.25, 0.3) is 0 Å². The summed E-state index contributed by atoms with van der Waals surface area (Å²) in [7, 11) is 0. The highest BCUT2D eigenvalue weighted by atomic mass is 16.5. The summed E-state index contributed by atoms with van der Waals surface area (Å²) in [4.78, 5) is 28.5. The van der Waals surface area contributed by atoms with Crippen LogP contribution in [-0.4, -0.2) is 100 Å². The molecule has 2 aromatic carbocycles. The predicted octanol–water partition coefficient (Wildman–Crippen LogP) is 5.97. The van der Waals surface area contributed by atoms with E-state index in [1.807, 2.05) is 68.5 Å². The summed E-state index contributed by atoms with van der Waals surface area (Å²) in [5.74, 6) is 5.11. The second-order valence-electron chi connectivity index (χ2n) is 20.8. The van der Waals surface area contributed by atoms with Crippen LogP contribution >= 0.6 is 0 Å². The van der Waals surface area contributed by atoms with E-state index in [-0.39, 0.29) is 56.4 Å². The maximum absolute atomic E-state index is 14.9. The summed E-state index contributed by atoms with van der Waals surface area (Å²) in [6.45, 7) is 11.7. The van der Waals surface area contributed by atoms with Gasteiger partial charge in [-0.05, 0) is 155 Å². The van der Waals surface area contributed by atoms with Crippen LogP contribution in [0.1, 0.15) is 131 Å². The number of amides is 1. The van der Waals surface area contributed by atoms with Crippen LogP contribution < -0.4 is 21.7 Å². The van der Waals surface area contributed by atoms with Crippen LogP contribution in [0, 0.1) is 29.1 Å². The van der Waals surface area contributed by atoms with Crippen molar-refractivity contribution < 1.29 is 39.9 Å². The molecule has 10 N–H and O–H groups in total. The third-order valence-electron chi connectivity index (χ3n) is 16.1. The highest BCUT2D eigenvalue weighted by molar-refractivity contribution is 5.98. The quantitative estimate of drug-likeness (QED) is 0.0937. The molecule has 2 fully saturated rings. The number of fused-ring (bicyclic) bond motifs is 4. The Morgan fingerprint density at radius 1 is 0.971 bits per heavy atom. The van der Waals surface area contributed by atoms with Gasteiger partial charge in [-0.2, -0.15) is 0 Å². The smallest absolute Gasteiger partial charge is 0.243 e. The van der Waals surface area contributed by atoms with Gasteiger partial charge < -0.3 is 46.6 Å². The monoisotopic (exact) mass is 959 g/mol. The molecule has 3 aliphatic heterocycles. The number of aliphatic hydroxyl groups is 5. The Hall–Kier alpha value is -4.52. The van der Waals surface area contributed by atoms with Crippen LogP contribution in [0.25, 0.3) is 0 Å². The minimum absolute atomic E-state index is 0.00277. The number of nitrogens with two attached hydrogens (primary N) is 1. The number of aryl methyl sites for hydroxylation is 1. The van der Waals surface area contributed by atoms with E-state index in [2.05, 4.69) is 53.4 Å². The molecule has 5 aliphatic rings. The van der Waals surface area contributed by atoms with Crippen LogP contribution in [0.2, 0.25) is 0 Å². The Bertz CT molecular complexity index is 2390. The highest BCUT2D eigenvalue weighted by Crippen LogP contribution is 2.63. The van der Waals surface area contributed by atoms with E-state index in [1.165, 1.54) is 0 Å². The van der Waals surface area contributed by atoms with Crippen LogP contribution in [-0.2, 0) is 33.6 Å². The number of carbonyl (C=O) groups is 2. The fraction of sp³-hybridized carbons (Fsp3) is 0.552. The van der Waals surface area contributed by atoms with Gasteiger partial charge in [-0.1, -0.05) is 96.3 Å². The van der Waals surface area contributed by atoms with Gasteiger partial charge >= 0.3 is 0 Å². The summed E-state index contributed by atoms with van der Waals surface area (Å²) in [5, 5.41) is 68.0. The molecule has 10 atom stereocenters. The SMILES string of the molecule is C=C1/C=C/C=C(\[C@H]2CC[C@@]3([C@@H]4CC[C@H](O)Cc5cccc(c5)CC[C@H](O)CN[C@@H]5C(=O)N[C@H](N)c6cccc(c65)CC(=O)/C(C)=C/4CC[C@@]3(C)O)[C@@H]2O)COCC#CC/C(C)=C/C[C@@H]1NCCCCO. The van der Waals surface area contributed by atoms with Crippen molar-refractivity contribution in [2.75, 3.05) is 32.9 Å². The van der Waals surface area contributed by atoms with E-state index in [1.54, 1.807) is 0 Å². The van der Waals surface area contributed by atoms with Crippen molar-refractivity contribution in [1.82, 2.24) is 16.0 Å². The van der Waals surface area contributed by atoms with E-state index in [4.69, 9.17) is 10.5 Å². The molecule has 7 rings (SSSR count). The van der Waals surface area contributed by atoms with Crippen LogP contribution in [0.15, 0.2) is 101 Å². The zero-order valence-electron chi connectivity index (χ0n) is 41.6. The molecule has 2 bridgehead atoms. The Balaban J connectivity index is 1.26. The second kappa shape index (κ2) is 24.3. The van der Waals surface area contributed by atoms with Gasteiger partial charge in [0.1, 0.15) is 18.8 Å². The van der Waals surface area contributed by atoms with Crippen molar-refractivity contribution in [2.24, 2.45) is 23.0 Å². The van der Waals surface area contributed by atoms with Crippen molar-refractivity contribution in [3.63, 3.8) is 0 Å². The fourth-order valence-corrected chi connectivity index (χ4v) is 12.1. The maximum Gasteiger partial charge on any atom is 0.243 e. The molecule has 12 heteroatoms. The predicted molar refractivity (Wildman–Crippen MR) is 274 cm³/mol. The van der Waals surface area contributed by atoms with Gasteiger partial charge in [0.15, 0.2) is 5.78 Å². The van der Waals surface area contributed by atoms with Gasteiger partial charge in [0.05, 0.1) is 30.5 Å². The lowest BCUT2D eigenvalue weighted by Gasteiger charge is -2.56. The zero-order chi connectivity index (χ0) is 50.0. The first-order valence-corrected chi connectivity index (χ1v) is 25.7. The summed E-state index contributed by atoms with van der Waals surface area (Å²) < 4.78 is 6.22. The average molecular weight is 959 g/mol. The Labute approximate surface area is 415 Å². The van der Waals surface area contributed by atoms with E-state index < -0.39 is 47.5 Å². The normalized spacial score (nSPS) is 35.0. The molecule has 12 nitrogen and oxygen atoms in total. The Morgan fingerprint density at radius 2 is 1.77 bits per heavy atom. The molecule has 378 valence electrons. The molecule has 70 heavy (non-hydrogen) atoms. The van der Waals surface area contributed by atoms with Crippen LogP contribution in [0.5, 0.6) is 0 Å². The molecule has 3 heterocycles. The molecular formula is C58H78N4O8. The summed E-state index contributed by atoms with van der Waals surface area (Å²) >= 11 is 0. The Morgan fingerprint density at radius 3 is 2.59 bits per heavy atom. The number of rotatable bonds is 6. The summed E-state index contributed by atoms with van der Waals surface area (Å²) in [6, 6.07) is 12.8. The first-order valence-electron chi connectivity index (χ1n) is 25.7. The molecule has 0 radical (unpaired) electrons. The number of carbonyl (C=O) groups excluding carboxylic acids is 2. The molecular weight excluding hydrogens is 881 g/mol. The average Bonchev–Trinajstić information content (AvgIpc) is 3.67. The van der Waals surface area contributed by atoms with Gasteiger partial charge in [-0.25, -0.2) is 0 Å². The number of hydrogen-bond acceptors (Lipinski definition) is 11. The number of unbranched alkanes of at least 4 members (excludes halogenated alkanes) is 1. The lowest BCUT2D eigenvalue weighted by atomic mass is 9.52. The van der Waals surface area contributed by atoms with Crippen molar-refractivity contribution in [3.05, 3.63) is 129 Å². The minimum atomic E-state index is -1.33. The molecule has 0 unspecified atom stereocenters. The molecule has 1 amide bonds.